The van der Waals surface area contributed by atoms with Gasteiger partial charge in [-0.25, -0.2) is 0 Å². The van der Waals surface area contributed by atoms with Gasteiger partial charge in [-0.05, 0) is 55.5 Å². The fourth-order valence-electron chi connectivity index (χ4n) is 3.24. The van der Waals surface area contributed by atoms with Gasteiger partial charge in [0.25, 0.3) is 5.56 Å². The lowest BCUT2D eigenvalue weighted by molar-refractivity contribution is 0.302. The molecular formula is C22H25NO2. The molecule has 0 N–H and O–H groups in total. The molecule has 3 heteroatoms. The van der Waals surface area contributed by atoms with Crippen LogP contribution in [-0.4, -0.2) is 11.2 Å². The van der Waals surface area contributed by atoms with E-state index in [1.165, 1.54) is 5.56 Å². The van der Waals surface area contributed by atoms with E-state index in [4.69, 9.17) is 4.74 Å². The second-order valence-electron chi connectivity index (χ2n) is 6.49. The first-order valence-corrected chi connectivity index (χ1v) is 8.91. The lowest BCUT2D eigenvalue weighted by atomic mass is 10.1. The van der Waals surface area contributed by atoms with Crippen LogP contribution in [0.2, 0.25) is 0 Å². The third-order valence-corrected chi connectivity index (χ3v) is 4.66. The Bertz CT molecular complexity index is 923. The van der Waals surface area contributed by atoms with E-state index in [2.05, 4.69) is 38.1 Å². The number of nitrogens with zero attached hydrogens (tertiary/aromatic N) is 1. The quantitative estimate of drug-likeness (QED) is 0.614. The lowest BCUT2D eigenvalue weighted by Crippen LogP contribution is -2.22. The van der Waals surface area contributed by atoms with Crippen molar-refractivity contribution in [3.05, 3.63) is 75.6 Å². The van der Waals surface area contributed by atoms with E-state index in [1.807, 2.05) is 29.7 Å². The van der Waals surface area contributed by atoms with Crippen LogP contribution in [0.25, 0.3) is 10.9 Å². The summed E-state index contributed by atoms with van der Waals surface area (Å²) in [6, 6.07) is 16.1. The topological polar surface area (TPSA) is 31.2 Å². The van der Waals surface area contributed by atoms with Crippen LogP contribution in [0, 0.1) is 13.8 Å². The predicted octanol–water partition coefficient (Wildman–Crippen LogP) is 4.65. The number of pyridine rings is 1. The molecule has 0 bridgehead atoms. The van der Waals surface area contributed by atoms with Crippen LogP contribution in [0.5, 0.6) is 5.75 Å². The number of hydrogen-bond donors (Lipinski definition) is 0. The molecule has 0 unspecified atom stereocenters. The molecule has 130 valence electrons. The second-order valence-corrected chi connectivity index (χ2v) is 6.49. The molecule has 1 heterocycles. The van der Waals surface area contributed by atoms with Crippen molar-refractivity contribution in [2.45, 2.75) is 40.2 Å². The number of hydrogen-bond acceptors (Lipinski definition) is 2. The minimum atomic E-state index is 0.0617. The number of fused-ring (bicyclic) bond motifs is 1. The minimum Gasteiger partial charge on any atom is -0.494 e. The molecule has 0 fully saturated rings. The van der Waals surface area contributed by atoms with Crippen molar-refractivity contribution < 1.29 is 4.74 Å². The van der Waals surface area contributed by atoms with Crippen molar-refractivity contribution in [2.24, 2.45) is 0 Å². The normalized spacial score (nSPS) is 11.0. The average molecular weight is 335 g/mol. The summed E-state index contributed by atoms with van der Waals surface area (Å²) in [6.07, 6.45) is 1.82. The molecule has 0 saturated carbocycles. The van der Waals surface area contributed by atoms with Crippen molar-refractivity contribution in [3.8, 4) is 5.75 Å². The number of aryl methyl sites for hydroxylation is 4. The van der Waals surface area contributed by atoms with Crippen molar-refractivity contribution in [3.63, 3.8) is 0 Å². The maximum absolute atomic E-state index is 12.5. The van der Waals surface area contributed by atoms with Gasteiger partial charge >= 0.3 is 0 Å². The van der Waals surface area contributed by atoms with Crippen molar-refractivity contribution in [2.75, 3.05) is 6.61 Å². The fraction of sp³-hybridized carbons (Fsp3) is 0.318. The zero-order valence-corrected chi connectivity index (χ0v) is 15.2. The summed E-state index contributed by atoms with van der Waals surface area (Å²) in [5, 5.41) is 1.15. The zero-order valence-electron chi connectivity index (χ0n) is 15.2. The lowest BCUT2D eigenvalue weighted by Gasteiger charge is -2.14. The van der Waals surface area contributed by atoms with Crippen molar-refractivity contribution in [1.29, 1.82) is 0 Å². The van der Waals surface area contributed by atoms with Gasteiger partial charge in [0.2, 0.25) is 0 Å². The van der Waals surface area contributed by atoms with E-state index in [0.29, 0.717) is 13.2 Å². The summed E-state index contributed by atoms with van der Waals surface area (Å²) < 4.78 is 7.69. The molecule has 3 aromatic rings. The van der Waals surface area contributed by atoms with Crippen LogP contribution >= 0.6 is 0 Å². The molecular weight excluding hydrogens is 310 g/mol. The van der Waals surface area contributed by atoms with Gasteiger partial charge in [-0.1, -0.05) is 37.3 Å². The summed E-state index contributed by atoms with van der Waals surface area (Å²) in [6.45, 7) is 7.45. The van der Waals surface area contributed by atoms with Gasteiger partial charge in [0, 0.05) is 18.0 Å². The van der Waals surface area contributed by atoms with Gasteiger partial charge in [-0.2, -0.15) is 0 Å². The van der Waals surface area contributed by atoms with Gasteiger partial charge in [0.1, 0.15) is 5.75 Å². The molecule has 0 aliphatic rings. The minimum absolute atomic E-state index is 0.0617. The Balaban J connectivity index is 1.72. The van der Waals surface area contributed by atoms with E-state index in [9.17, 15) is 4.79 Å². The van der Waals surface area contributed by atoms with Crippen LogP contribution in [0.3, 0.4) is 0 Å². The Labute approximate surface area is 148 Å². The maximum Gasteiger partial charge on any atom is 0.251 e. The molecule has 0 spiro atoms. The highest BCUT2D eigenvalue weighted by atomic mass is 16.5. The molecule has 2 aromatic carbocycles. The third-order valence-electron chi connectivity index (χ3n) is 4.66. The van der Waals surface area contributed by atoms with Crippen molar-refractivity contribution >= 4 is 10.9 Å². The van der Waals surface area contributed by atoms with E-state index in [-0.39, 0.29) is 5.56 Å². The Hall–Kier alpha value is -2.55. The SMILES string of the molecule is CCc1ccc(OCCCn2c(=O)cc(C)c3cccc(C)c32)cc1. The largest absolute Gasteiger partial charge is 0.494 e. The van der Waals surface area contributed by atoms with Crippen LogP contribution in [-0.2, 0) is 13.0 Å². The molecule has 25 heavy (non-hydrogen) atoms. The Kier molecular flexibility index (Phi) is 5.22. The summed E-state index contributed by atoms with van der Waals surface area (Å²) in [7, 11) is 0. The predicted molar refractivity (Wildman–Crippen MR) is 104 cm³/mol. The first kappa shape index (κ1) is 17.3. The molecule has 0 aliphatic heterocycles. The number of para-hydroxylation sites is 1. The molecule has 0 aliphatic carbocycles. The molecule has 3 rings (SSSR count). The number of aromatic nitrogens is 1. The Morgan fingerprint density at radius 2 is 1.76 bits per heavy atom. The molecule has 1 aromatic heterocycles. The fourth-order valence-corrected chi connectivity index (χ4v) is 3.24. The monoisotopic (exact) mass is 335 g/mol. The highest BCUT2D eigenvalue weighted by molar-refractivity contribution is 5.85. The van der Waals surface area contributed by atoms with Gasteiger partial charge in [0.05, 0.1) is 12.1 Å². The molecule has 0 amide bonds. The van der Waals surface area contributed by atoms with E-state index < -0.39 is 0 Å². The van der Waals surface area contributed by atoms with Gasteiger partial charge in [-0.15, -0.1) is 0 Å². The van der Waals surface area contributed by atoms with Gasteiger partial charge in [0.15, 0.2) is 0 Å². The number of benzene rings is 2. The average Bonchev–Trinajstić information content (AvgIpc) is 2.62. The molecule has 3 nitrogen and oxygen atoms in total. The number of rotatable bonds is 6. The highest BCUT2D eigenvalue weighted by Gasteiger charge is 2.08. The van der Waals surface area contributed by atoms with Crippen LogP contribution in [0.15, 0.2) is 53.3 Å². The van der Waals surface area contributed by atoms with E-state index in [1.54, 1.807) is 6.07 Å². The summed E-state index contributed by atoms with van der Waals surface area (Å²) in [5.74, 6) is 0.884. The first-order valence-electron chi connectivity index (χ1n) is 8.91. The van der Waals surface area contributed by atoms with E-state index in [0.717, 1.165) is 40.6 Å². The van der Waals surface area contributed by atoms with Gasteiger partial charge in [-0.3, -0.25) is 4.79 Å². The van der Waals surface area contributed by atoms with Crippen LogP contribution in [0.1, 0.15) is 30.0 Å². The Morgan fingerprint density at radius 1 is 1.00 bits per heavy atom. The van der Waals surface area contributed by atoms with E-state index >= 15 is 0 Å². The number of ether oxygens (including phenoxy) is 1. The van der Waals surface area contributed by atoms with Crippen molar-refractivity contribution in [1.82, 2.24) is 4.57 Å². The zero-order chi connectivity index (χ0) is 17.8. The smallest absolute Gasteiger partial charge is 0.251 e. The first-order chi connectivity index (χ1) is 12.1. The molecule has 0 atom stereocenters. The van der Waals surface area contributed by atoms with Gasteiger partial charge < -0.3 is 9.30 Å². The maximum atomic E-state index is 12.5. The summed E-state index contributed by atoms with van der Waals surface area (Å²) >= 11 is 0. The van der Waals surface area contributed by atoms with Crippen LogP contribution in [0.4, 0.5) is 0 Å². The molecule has 0 radical (unpaired) electrons. The van der Waals surface area contributed by atoms with Crippen LogP contribution < -0.4 is 10.3 Å². The highest BCUT2D eigenvalue weighted by Crippen LogP contribution is 2.20. The molecule has 0 saturated heterocycles. The third kappa shape index (κ3) is 3.76. The summed E-state index contributed by atoms with van der Waals surface area (Å²) in [4.78, 5) is 12.5. The second kappa shape index (κ2) is 7.56. The summed E-state index contributed by atoms with van der Waals surface area (Å²) in [5.41, 5.74) is 4.58. The standard InChI is InChI=1S/C22H25NO2/c1-4-18-9-11-19(12-10-18)25-14-6-13-23-21(24)15-17(3)20-8-5-7-16(2)22(20)23/h5,7-12,15H,4,6,13-14H2,1-3H3. The Morgan fingerprint density at radius 3 is 2.48 bits per heavy atom.